The molecular weight excluding hydrogens is 373 g/mol. The molecule has 1 atom stereocenters. The van der Waals surface area contributed by atoms with E-state index in [4.69, 9.17) is 14.5 Å². The molecule has 0 bridgehead atoms. The Morgan fingerprint density at radius 1 is 1.34 bits per heavy atom. The number of nitrogens with zero attached hydrogens (tertiary/aromatic N) is 2. The molecule has 1 aromatic heterocycles. The van der Waals surface area contributed by atoms with E-state index in [-0.39, 0.29) is 18.4 Å². The lowest BCUT2D eigenvalue weighted by Gasteiger charge is -2.35. The minimum absolute atomic E-state index is 0.258. The summed E-state index contributed by atoms with van der Waals surface area (Å²) >= 11 is 0. The third kappa shape index (κ3) is 4.67. The molecule has 0 spiro atoms. The zero-order valence-electron chi connectivity index (χ0n) is 16.8. The maximum absolute atomic E-state index is 13.0. The molecule has 0 radical (unpaired) electrons. The predicted octanol–water partition coefficient (Wildman–Crippen LogP) is 3.92. The van der Waals surface area contributed by atoms with Gasteiger partial charge in [-0.15, -0.1) is 0 Å². The predicted molar refractivity (Wildman–Crippen MR) is 108 cm³/mol. The summed E-state index contributed by atoms with van der Waals surface area (Å²) in [6.07, 6.45) is 1.58. The van der Waals surface area contributed by atoms with Crippen molar-refractivity contribution in [2.45, 2.75) is 45.2 Å². The van der Waals surface area contributed by atoms with Gasteiger partial charge in [0.1, 0.15) is 11.6 Å². The SMILES string of the molecule is Cc1cc(N2CCOC[C@H]2C)nc(C2CC2)c1OC(=O)NCc1ccc(F)cc1. The van der Waals surface area contributed by atoms with Gasteiger partial charge < -0.3 is 19.7 Å². The minimum Gasteiger partial charge on any atom is -0.408 e. The van der Waals surface area contributed by atoms with Gasteiger partial charge in [-0.2, -0.15) is 0 Å². The van der Waals surface area contributed by atoms with Gasteiger partial charge in [0, 0.05) is 19.0 Å². The largest absolute Gasteiger partial charge is 0.412 e. The van der Waals surface area contributed by atoms with Crippen LogP contribution in [0.25, 0.3) is 0 Å². The van der Waals surface area contributed by atoms with Crippen molar-refractivity contribution in [2.24, 2.45) is 0 Å². The first-order valence-corrected chi connectivity index (χ1v) is 10.1. The van der Waals surface area contributed by atoms with Crippen molar-refractivity contribution in [2.75, 3.05) is 24.7 Å². The third-order valence-corrected chi connectivity index (χ3v) is 5.34. The lowest BCUT2D eigenvalue weighted by atomic mass is 10.1. The van der Waals surface area contributed by atoms with Crippen molar-refractivity contribution in [1.82, 2.24) is 10.3 Å². The number of aryl methyl sites for hydroxylation is 1. The number of morpholine rings is 1. The van der Waals surface area contributed by atoms with E-state index in [2.05, 4.69) is 17.1 Å². The van der Waals surface area contributed by atoms with Gasteiger partial charge in [0.15, 0.2) is 5.75 Å². The van der Waals surface area contributed by atoms with E-state index >= 15 is 0 Å². The number of carbonyl (C=O) groups excluding carboxylic acids is 1. The molecule has 29 heavy (non-hydrogen) atoms. The number of anilines is 1. The van der Waals surface area contributed by atoms with Crippen LogP contribution in [0.4, 0.5) is 15.0 Å². The van der Waals surface area contributed by atoms with Crippen LogP contribution in [-0.4, -0.2) is 36.9 Å². The van der Waals surface area contributed by atoms with Gasteiger partial charge in [0.25, 0.3) is 0 Å². The summed E-state index contributed by atoms with van der Waals surface area (Å²) < 4.78 is 24.2. The van der Waals surface area contributed by atoms with Gasteiger partial charge in [0.2, 0.25) is 0 Å². The number of hydrogen-bond donors (Lipinski definition) is 1. The molecule has 0 unspecified atom stereocenters. The van der Waals surface area contributed by atoms with Crippen molar-refractivity contribution in [1.29, 1.82) is 0 Å². The van der Waals surface area contributed by atoms with E-state index in [9.17, 15) is 9.18 Å². The Kier molecular flexibility index (Phi) is 5.67. The first kappa shape index (κ1) is 19.6. The van der Waals surface area contributed by atoms with E-state index in [0.29, 0.717) is 24.9 Å². The zero-order chi connectivity index (χ0) is 20.4. The smallest absolute Gasteiger partial charge is 0.408 e. The number of carbonyl (C=O) groups is 1. The molecule has 6 nitrogen and oxygen atoms in total. The highest BCUT2D eigenvalue weighted by Gasteiger charge is 2.32. The number of halogens is 1. The average Bonchev–Trinajstić information content (AvgIpc) is 3.54. The van der Waals surface area contributed by atoms with Gasteiger partial charge in [-0.1, -0.05) is 12.1 Å². The molecular formula is C22H26FN3O3. The summed E-state index contributed by atoms with van der Waals surface area (Å²) in [6.45, 7) is 6.52. The Hall–Kier alpha value is -2.67. The van der Waals surface area contributed by atoms with Crippen LogP contribution >= 0.6 is 0 Å². The van der Waals surface area contributed by atoms with E-state index in [0.717, 1.165) is 42.0 Å². The monoisotopic (exact) mass is 399 g/mol. The molecule has 7 heteroatoms. The molecule has 2 aliphatic rings. The first-order chi connectivity index (χ1) is 14.0. The van der Waals surface area contributed by atoms with Crippen molar-refractivity contribution < 1.29 is 18.7 Å². The van der Waals surface area contributed by atoms with Crippen molar-refractivity contribution in [3.63, 3.8) is 0 Å². The molecule has 2 aromatic rings. The van der Waals surface area contributed by atoms with Crippen LogP contribution in [0.3, 0.4) is 0 Å². The average molecular weight is 399 g/mol. The second-order valence-corrected chi connectivity index (χ2v) is 7.77. The van der Waals surface area contributed by atoms with E-state index in [1.54, 1.807) is 12.1 Å². The Balaban J connectivity index is 1.49. The number of aromatic nitrogens is 1. The standard InChI is InChI=1S/C22H26FN3O3/c1-14-11-19(26-9-10-28-13-15(26)2)25-20(17-5-6-17)21(14)29-22(27)24-12-16-3-7-18(23)8-4-16/h3-4,7-8,11,15,17H,5-6,9-10,12-13H2,1-2H3,(H,24,27)/t15-/m1/s1. The second kappa shape index (κ2) is 8.37. The number of pyridine rings is 1. The van der Waals surface area contributed by atoms with E-state index < -0.39 is 6.09 Å². The lowest BCUT2D eigenvalue weighted by Crippen LogP contribution is -2.44. The molecule has 1 saturated heterocycles. The quantitative estimate of drug-likeness (QED) is 0.826. The maximum atomic E-state index is 13.0. The zero-order valence-corrected chi connectivity index (χ0v) is 16.8. The summed E-state index contributed by atoms with van der Waals surface area (Å²) in [5.41, 5.74) is 2.56. The fourth-order valence-corrected chi connectivity index (χ4v) is 3.55. The molecule has 1 aliphatic heterocycles. The molecule has 1 saturated carbocycles. The van der Waals surface area contributed by atoms with Gasteiger partial charge >= 0.3 is 6.09 Å². The number of nitrogens with one attached hydrogen (secondary N) is 1. The third-order valence-electron chi connectivity index (χ3n) is 5.34. The van der Waals surface area contributed by atoms with Crippen LogP contribution in [0.5, 0.6) is 5.75 Å². The van der Waals surface area contributed by atoms with Gasteiger partial charge in [-0.05, 0) is 56.0 Å². The number of amides is 1. The van der Waals surface area contributed by atoms with Crippen LogP contribution in [0.1, 0.15) is 42.5 Å². The number of hydrogen-bond acceptors (Lipinski definition) is 5. The molecule has 4 rings (SSSR count). The first-order valence-electron chi connectivity index (χ1n) is 10.1. The molecule has 2 heterocycles. The number of ether oxygens (including phenoxy) is 2. The van der Waals surface area contributed by atoms with E-state index in [1.165, 1.54) is 12.1 Å². The van der Waals surface area contributed by atoms with Gasteiger partial charge in [-0.25, -0.2) is 14.2 Å². The topological polar surface area (TPSA) is 63.7 Å². The summed E-state index contributed by atoms with van der Waals surface area (Å²) in [7, 11) is 0. The molecule has 1 aliphatic carbocycles. The fourth-order valence-electron chi connectivity index (χ4n) is 3.55. The summed E-state index contributed by atoms with van der Waals surface area (Å²) in [6, 6.07) is 8.25. The highest BCUT2D eigenvalue weighted by Crippen LogP contribution is 2.45. The van der Waals surface area contributed by atoms with Gasteiger partial charge in [0.05, 0.1) is 24.9 Å². The highest BCUT2D eigenvalue weighted by atomic mass is 19.1. The van der Waals surface area contributed by atoms with Crippen LogP contribution in [0.15, 0.2) is 30.3 Å². The summed E-state index contributed by atoms with van der Waals surface area (Å²) in [5, 5.41) is 2.73. The molecule has 154 valence electrons. The normalized spacial score (nSPS) is 19.1. The van der Waals surface area contributed by atoms with Crippen LogP contribution < -0.4 is 15.0 Å². The highest BCUT2D eigenvalue weighted by molar-refractivity contribution is 5.72. The molecule has 1 amide bonds. The van der Waals surface area contributed by atoms with Crippen LogP contribution in [0.2, 0.25) is 0 Å². The Morgan fingerprint density at radius 3 is 2.79 bits per heavy atom. The lowest BCUT2D eigenvalue weighted by molar-refractivity contribution is 0.0985. The van der Waals surface area contributed by atoms with E-state index in [1.807, 2.05) is 13.0 Å². The fraction of sp³-hybridized carbons (Fsp3) is 0.455. The van der Waals surface area contributed by atoms with Crippen molar-refractivity contribution >= 4 is 11.9 Å². The van der Waals surface area contributed by atoms with Gasteiger partial charge in [-0.3, -0.25) is 0 Å². The Labute approximate surface area is 170 Å². The second-order valence-electron chi connectivity index (χ2n) is 7.77. The maximum Gasteiger partial charge on any atom is 0.412 e. The van der Waals surface area contributed by atoms with Crippen LogP contribution in [0, 0.1) is 12.7 Å². The molecule has 1 aromatic carbocycles. The van der Waals surface area contributed by atoms with Crippen molar-refractivity contribution in [3.05, 3.63) is 53.0 Å². The summed E-state index contributed by atoms with van der Waals surface area (Å²) in [4.78, 5) is 19.5. The summed E-state index contributed by atoms with van der Waals surface area (Å²) in [5.74, 6) is 1.50. The van der Waals surface area contributed by atoms with Crippen molar-refractivity contribution in [3.8, 4) is 5.75 Å². The minimum atomic E-state index is -0.534. The molecule has 1 N–H and O–H groups in total. The number of rotatable bonds is 5. The number of benzene rings is 1. The van der Waals surface area contributed by atoms with Crippen LogP contribution in [-0.2, 0) is 11.3 Å². The molecule has 2 fully saturated rings. The Morgan fingerprint density at radius 2 is 2.10 bits per heavy atom. The Bertz CT molecular complexity index is 884.